The molecule has 2 aliphatic heterocycles. The maximum atomic E-state index is 13.4. The van der Waals surface area contributed by atoms with Gasteiger partial charge in [0.1, 0.15) is 15.8 Å². The molecule has 7 nitrogen and oxygen atoms in total. The number of nitrogens with zero attached hydrogens (tertiary/aromatic N) is 4. The van der Waals surface area contributed by atoms with Crippen molar-refractivity contribution in [3.8, 4) is 0 Å². The zero-order valence-electron chi connectivity index (χ0n) is 16.4. The number of pyridine rings is 1. The summed E-state index contributed by atoms with van der Waals surface area (Å²) in [5, 5.41) is 0. The number of thioether (sulfide) groups is 1. The van der Waals surface area contributed by atoms with Gasteiger partial charge in [-0.3, -0.25) is 18.9 Å². The number of ether oxygens (including phenoxy) is 1. The van der Waals surface area contributed by atoms with Crippen LogP contribution in [0.2, 0.25) is 0 Å². The second kappa shape index (κ2) is 8.25. The second-order valence-corrected chi connectivity index (χ2v) is 8.65. The number of carbonyl (C=O) groups excluding carboxylic acids is 1. The predicted molar refractivity (Wildman–Crippen MR) is 119 cm³/mol. The molecule has 2 saturated heterocycles. The number of fused-ring (bicyclic) bond motifs is 1. The molecule has 0 bridgehead atoms. The van der Waals surface area contributed by atoms with Crippen molar-refractivity contribution in [3.63, 3.8) is 0 Å². The molecule has 0 aliphatic carbocycles. The lowest BCUT2D eigenvalue weighted by Gasteiger charge is -2.29. The van der Waals surface area contributed by atoms with Crippen molar-refractivity contribution >= 4 is 51.7 Å². The third kappa shape index (κ3) is 3.70. The van der Waals surface area contributed by atoms with E-state index >= 15 is 0 Å². The maximum absolute atomic E-state index is 13.4. The molecule has 0 N–H and O–H groups in total. The quantitative estimate of drug-likeness (QED) is 0.545. The van der Waals surface area contributed by atoms with Crippen molar-refractivity contribution in [1.29, 1.82) is 0 Å². The highest BCUT2D eigenvalue weighted by Crippen LogP contribution is 2.33. The zero-order chi connectivity index (χ0) is 20.5. The molecule has 0 saturated carbocycles. The van der Waals surface area contributed by atoms with Gasteiger partial charge in [0.2, 0.25) is 0 Å². The number of amides is 1. The fourth-order valence-electron chi connectivity index (χ4n) is 3.49. The van der Waals surface area contributed by atoms with Crippen LogP contribution in [0.25, 0.3) is 11.7 Å². The number of morpholine rings is 1. The smallest absolute Gasteiger partial charge is 0.267 e. The van der Waals surface area contributed by atoms with Gasteiger partial charge in [0, 0.05) is 25.8 Å². The highest BCUT2D eigenvalue weighted by Gasteiger charge is 2.32. The van der Waals surface area contributed by atoms with Gasteiger partial charge in [-0.1, -0.05) is 37.0 Å². The summed E-state index contributed by atoms with van der Waals surface area (Å²) in [6, 6.07) is 3.75. The van der Waals surface area contributed by atoms with Crippen LogP contribution in [0.1, 0.15) is 24.5 Å². The molecule has 2 fully saturated rings. The van der Waals surface area contributed by atoms with E-state index in [1.807, 2.05) is 26.0 Å². The predicted octanol–water partition coefficient (Wildman–Crippen LogP) is 2.45. The average Bonchev–Trinajstić information content (AvgIpc) is 2.99. The first-order valence-corrected chi connectivity index (χ1v) is 10.8. The molecular weight excluding hydrogens is 408 g/mol. The molecule has 0 spiro atoms. The van der Waals surface area contributed by atoms with Gasteiger partial charge in [-0.15, -0.1) is 0 Å². The topological polar surface area (TPSA) is 67.2 Å². The molecule has 4 heterocycles. The number of carbonyl (C=O) groups is 1. The lowest BCUT2D eigenvalue weighted by atomic mass is 10.2. The van der Waals surface area contributed by atoms with Crippen LogP contribution >= 0.6 is 24.0 Å². The van der Waals surface area contributed by atoms with Crippen molar-refractivity contribution < 1.29 is 9.53 Å². The molecule has 29 heavy (non-hydrogen) atoms. The van der Waals surface area contributed by atoms with Gasteiger partial charge < -0.3 is 9.64 Å². The normalized spacial score (nSPS) is 19.0. The molecule has 2 aliphatic rings. The fourth-order valence-corrected chi connectivity index (χ4v) is 4.78. The van der Waals surface area contributed by atoms with Crippen molar-refractivity contribution in [1.82, 2.24) is 14.3 Å². The summed E-state index contributed by atoms with van der Waals surface area (Å²) in [7, 11) is 0. The van der Waals surface area contributed by atoms with Gasteiger partial charge in [0.05, 0.1) is 23.7 Å². The van der Waals surface area contributed by atoms with E-state index in [-0.39, 0.29) is 11.5 Å². The van der Waals surface area contributed by atoms with Gasteiger partial charge >= 0.3 is 0 Å². The van der Waals surface area contributed by atoms with E-state index in [0.29, 0.717) is 59.1 Å². The molecule has 0 aromatic carbocycles. The fraction of sp³-hybridized carbons (Fsp3) is 0.400. The van der Waals surface area contributed by atoms with Gasteiger partial charge in [-0.25, -0.2) is 4.98 Å². The van der Waals surface area contributed by atoms with Crippen LogP contribution in [0.5, 0.6) is 0 Å². The Labute approximate surface area is 178 Å². The first kappa shape index (κ1) is 20.1. The Hall–Kier alpha value is -2.23. The first-order valence-electron chi connectivity index (χ1n) is 9.61. The number of thiocarbonyl (C=S) groups is 1. The number of hydrogen-bond acceptors (Lipinski definition) is 7. The molecule has 0 radical (unpaired) electrons. The number of aromatic nitrogens is 2. The zero-order valence-corrected chi connectivity index (χ0v) is 18.0. The molecule has 1 amide bonds. The van der Waals surface area contributed by atoms with E-state index < -0.39 is 0 Å². The molecule has 152 valence electrons. The summed E-state index contributed by atoms with van der Waals surface area (Å²) < 4.78 is 7.53. The summed E-state index contributed by atoms with van der Waals surface area (Å²) in [5.74, 6) is 0.442. The molecule has 2 aromatic rings. The Bertz CT molecular complexity index is 1070. The number of anilines is 1. The molecular formula is C20H22N4O3S2. The standard InChI is InChI=1S/C20H22N4O3S2/c1-3-6-24-19(26)15(29-20(24)28)12-14-17(22-8-10-27-11-9-22)21-16-13(2)5-4-7-23(16)18(14)25/h4-5,7,12H,3,6,8-11H2,1-2H3. The van der Waals surface area contributed by atoms with Gasteiger partial charge in [0.25, 0.3) is 11.5 Å². The van der Waals surface area contributed by atoms with Crippen molar-refractivity contribution in [3.05, 3.63) is 44.7 Å². The van der Waals surface area contributed by atoms with Gasteiger partial charge in [-0.2, -0.15) is 0 Å². The lowest BCUT2D eigenvalue weighted by Crippen LogP contribution is -2.38. The van der Waals surface area contributed by atoms with Gasteiger partial charge in [-0.05, 0) is 31.1 Å². The minimum atomic E-state index is -0.194. The first-order chi connectivity index (χ1) is 14.0. The summed E-state index contributed by atoms with van der Waals surface area (Å²) in [4.78, 5) is 35.1. The van der Waals surface area contributed by atoms with Crippen molar-refractivity contribution in [2.45, 2.75) is 20.3 Å². The Balaban J connectivity index is 1.88. The van der Waals surface area contributed by atoms with Crippen LogP contribution in [-0.4, -0.2) is 57.4 Å². The highest BCUT2D eigenvalue weighted by molar-refractivity contribution is 8.26. The number of aryl methyl sites for hydroxylation is 1. The lowest BCUT2D eigenvalue weighted by molar-refractivity contribution is -0.122. The number of hydrogen-bond donors (Lipinski definition) is 0. The van der Waals surface area contributed by atoms with E-state index in [4.69, 9.17) is 21.9 Å². The average molecular weight is 431 g/mol. The number of rotatable bonds is 4. The van der Waals surface area contributed by atoms with Crippen LogP contribution in [0, 0.1) is 6.92 Å². The van der Waals surface area contributed by atoms with Crippen LogP contribution in [0.15, 0.2) is 28.0 Å². The third-order valence-electron chi connectivity index (χ3n) is 4.97. The monoisotopic (exact) mass is 430 g/mol. The minimum absolute atomic E-state index is 0.150. The highest BCUT2D eigenvalue weighted by atomic mass is 32.2. The van der Waals surface area contributed by atoms with E-state index in [1.165, 1.54) is 16.2 Å². The van der Waals surface area contributed by atoms with E-state index in [2.05, 4.69) is 4.90 Å². The van der Waals surface area contributed by atoms with Crippen LogP contribution in [-0.2, 0) is 9.53 Å². The van der Waals surface area contributed by atoms with Crippen molar-refractivity contribution in [2.24, 2.45) is 0 Å². The Morgan fingerprint density at radius 3 is 2.79 bits per heavy atom. The second-order valence-electron chi connectivity index (χ2n) is 6.97. The largest absolute Gasteiger partial charge is 0.378 e. The van der Waals surface area contributed by atoms with Gasteiger partial charge in [0.15, 0.2) is 0 Å². The van der Waals surface area contributed by atoms with Crippen LogP contribution in [0.4, 0.5) is 5.82 Å². The molecule has 0 atom stereocenters. The molecule has 2 aromatic heterocycles. The molecule has 4 rings (SSSR count). The van der Waals surface area contributed by atoms with Crippen molar-refractivity contribution in [2.75, 3.05) is 37.7 Å². The summed E-state index contributed by atoms with van der Waals surface area (Å²) in [5.41, 5.74) is 1.75. The molecule has 0 unspecified atom stereocenters. The summed E-state index contributed by atoms with van der Waals surface area (Å²) >= 11 is 6.60. The van der Waals surface area contributed by atoms with Crippen LogP contribution in [0.3, 0.4) is 0 Å². The maximum Gasteiger partial charge on any atom is 0.267 e. The SMILES string of the molecule is CCCN1C(=O)C(=Cc2c(N3CCOCC3)nc3c(C)cccn3c2=O)SC1=S. The third-order valence-corrected chi connectivity index (χ3v) is 6.35. The Morgan fingerprint density at radius 2 is 2.07 bits per heavy atom. The Kier molecular flexibility index (Phi) is 5.71. The minimum Gasteiger partial charge on any atom is -0.378 e. The molecule has 9 heteroatoms. The Morgan fingerprint density at radius 1 is 1.31 bits per heavy atom. The van der Waals surface area contributed by atoms with E-state index in [0.717, 1.165) is 12.0 Å². The summed E-state index contributed by atoms with van der Waals surface area (Å²) in [6.45, 7) is 6.95. The van der Waals surface area contributed by atoms with E-state index in [9.17, 15) is 9.59 Å². The van der Waals surface area contributed by atoms with Crippen LogP contribution < -0.4 is 10.5 Å². The van der Waals surface area contributed by atoms with E-state index in [1.54, 1.807) is 17.2 Å². The summed E-state index contributed by atoms with van der Waals surface area (Å²) in [6.07, 6.45) is 4.18.